The van der Waals surface area contributed by atoms with Crippen molar-refractivity contribution in [1.29, 1.82) is 0 Å². The molecular weight excluding hydrogens is 359 g/mol. The number of benzene rings is 2. The summed E-state index contributed by atoms with van der Waals surface area (Å²) < 4.78 is 23.9. The monoisotopic (exact) mass is 386 g/mol. The van der Waals surface area contributed by atoms with E-state index in [-0.39, 0.29) is 17.8 Å². The van der Waals surface area contributed by atoms with E-state index in [1.54, 1.807) is 19.2 Å². The number of nitrogens with one attached hydrogen (secondary N) is 1. The molecule has 1 saturated heterocycles. The lowest BCUT2D eigenvalue weighted by atomic mass is 10.0. The van der Waals surface area contributed by atoms with E-state index < -0.39 is 0 Å². The predicted octanol–water partition coefficient (Wildman–Crippen LogP) is 2.96. The Morgan fingerprint density at radius 3 is 2.46 bits per heavy atom. The Labute approximate surface area is 165 Å². The van der Waals surface area contributed by atoms with Crippen LogP contribution in [0.15, 0.2) is 48.5 Å². The maximum Gasteiger partial charge on any atom is 0.220 e. The van der Waals surface area contributed by atoms with Crippen LogP contribution in [0.5, 0.6) is 5.75 Å². The second-order valence-corrected chi connectivity index (χ2v) is 6.87. The van der Waals surface area contributed by atoms with Gasteiger partial charge in [-0.15, -0.1) is 0 Å². The lowest BCUT2D eigenvalue weighted by Gasteiger charge is -2.35. The SMILES string of the molecule is COc1ccc(CCC(=O)NC[C@H](c2ccc(F)cc2)N2CCOCC2)cc1. The Kier molecular flexibility index (Phi) is 7.39. The molecule has 1 aliphatic heterocycles. The summed E-state index contributed by atoms with van der Waals surface area (Å²) in [6, 6.07) is 14.3. The second kappa shape index (κ2) is 10.2. The first-order valence-corrected chi connectivity index (χ1v) is 9.62. The maximum absolute atomic E-state index is 13.3. The highest BCUT2D eigenvalue weighted by Crippen LogP contribution is 2.22. The number of morpholine rings is 1. The lowest BCUT2D eigenvalue weighted by molar-refractivity contribution is -0.121. The minimum Gasteiger partial charge on any atom is -0.497 e. The van der Waals surface area contributed by atoms with Gasteiger partial charge in [0.1, 0.15) is 11.6 Å². The Morgan fingerprint density at radius 1 is 1.14 bits per heavy atom. The molecule has 0 spiro atoms. The molecule has 1 atom stereocenters. The highest BCUT2D eigenvalue weighted by Gasteiger charge is 2.23. The third-order valence-corrected chi connectivity index (χ3v) is 5.03. The predicted molar refractivity (Wildman–Crippen MR) is 106 cm³/mol. The zero-order valence-electron chi connectivity index (χ0n) is 16.2. The Morgan fingerprint density at radius 2 is 1.82 bits per heavy atom. The summed E-state index contributed by atoms with van der Waals surface area (Å²) >= 11 is 0. The van der Waals surface area contributed by atoms with E-state index in [0.717, 1.165) is 30.0 Å². The van der Waals surface area contributed by atoms with E-state index in [4.69, 9.17) is 9.47 Å². The van der Waals surface area contributed by atoms with Crippen LogP contribution >= 0.6 is 0 Å². The van der Waals surface area contributed by atoms with Crippen molar-refractivity contribution < 1.29 is 18.7 Å². The van der Waals surface area contributed by atoms with Gasteiger partial charge in [0.05, 0.1) is 26.4 Å². The molecule has 0 aliphatic carbocycles. The Balaban J connectivity index is 1.55. The first-order chi connectivity index (χ1) is 13.7. The average Bonchev–Trinajstić information content (AvgIpc) is 2.75. The smallest absolute Gasteiger partial charge is 0.220 e. The number of carbonyl (C=O) groups is 1. The van der Waals surface area contributed by atoms with Crippen molar-refractivity contribution in [2.24, 2.45) is 0 Å². The molecule has 1 N–H and O–H groups in total. The number of ether oxygens (including phenoxy) is 2. The molecule has 2 aromatic carbocycles. The minimum absolute atomic E-state index is 0.00874. The number of hydrogen-bond acceptors (Lipinski definition) is 4. The number of amides is 1. The van der Waals surface area contributed by atoms with Gasteiger partial charge in [0.15, 0.2) is 0 Å². The van der Waals surface area contributed by atoms with Crippen molar-refractivity contribution in [2.75, 3.05) is 40.0 Å². The third-order valence-electron chi connectivity index (χ3n) is 5.03. The van der Waals surface area contributed by atoms with Crippen LogP contribution in [0.3, 0.4) is 0 Å². The molecule has 0 aromatic heterocycles. The van der Waals surface area contributed by atoms with E-state index in [9.17, 15) is 9.18 Å². The lowest BCUT2D eigenvalue weighted by Crippen LogP contribution is -2.43. The van der Waals surface area contributed by atoms with Crippen LogP contribution in [0, 0.1) is 5.82 Å². The van der Waals surface area contributed by atoms with Crippen LogP contribution < -0.4 is 10.1 Å². The van der Waals surface area contributed by atoms with Gasteiger partial charge in [-0.25, -0.2) is 4.39 Å². The number of aryl methyl sites for hydroxylation is 1. The summed E-state index contributed by atoms with van der Waals surface area (Å²) in [5, 5.41) is 3.05. The van der Waals surface area contributed by atoms with Crippen LogP contribution in [0.4, 0.5) is 4.39 Å². The molecule has 0 unspecified atom stereocenters. The molecule has 0 radical (unpaired) electrons. The molecule has 0 bridgehead atoms. The van der Waals surface area contributed by atoms with Crippen molar-refractivity contribution in [3.63, 3.8) is 0 Å². The van der Waals surface area contributed by atoms with E-state index in [1.165, 1.54) is 12.1 Å². The van der Waals surface area contributed by atoms with Gasteiger partial charge in [0, 0.05) is 26.1 Å². The van der Waals surface area contributed by atoms with Gasteiger partial charge in [-0.05, 0) is 41.8 Å². The number of nitrogens with zero attached hydrogens (tertiary/aromatic N) is 1. The highest BCUT2D eigenvalue weighted by molar-refractivity contribution is 5.76. The second-order valence-electron chi connectivity index (χ2n) is 6.87. The zero-order valence-corrected chi connectivity index (χ0v) is 16.2. The van der Waals surface area contributed by atoms with Crippen molar-refractivity contribution in [2.45, 2.75) is 18.9 Å². The first-order valence-electron chi connectivity index (χ1n) is 9.62. The van der Waals surface area contributed by atoms with E-state index in [0.29, 0.717) is 32.6 Å². The highest BCUT2D eigenvalue weighted by atomic mass is 19.1. The fourth-order valence-corrected chi connectivity index (χ4v) is 3.38. The number of rotatable bonds is 8. The molecule has 28 heavy (non-hydrogen) atoms. The quantitative estimate of drug-likeness (QED) is 0.758. The van der Waals surface area contributed by atoms with Crippen LogP contribution in [0.2, 0.25) is 0 Å². The van der Waals surface area contributed by atoms with Crippen molar-refractivity contribution in [3.05, 3.63) is 65.5 Å². The Hall–Kier alpha value is -2.44. The van der Waals surface area contributed by atoms with Crippen LogP contribution in [-0.4, -0.2) is 50.8 Å². The molecule has 6 heteroatoms. The first kappa shape index (κ1) is 20.3. The van der Waals surface area contributed by atoms with E-state index in [1.807, 2.05) is 24.3 Å². The molecule has 150 valence electrons. The average molecular weight is 386 g/mol. The largest absolute Gasteiger partial charge is 0.497 e. The molecule has 1 fully saturated rings. The molecule has 1 aliphatic rings. The normalized spacial score (nSPS) is 15.8. The van der Waals surface area contributed by atoms with Crippen molar-refractivity contribution in [3.8, 4) is 5.75 Å². The third kappa shape index (κ3) is 5.78. The zero-order chi connectivity index (χ0) is 19.8. The number of carbonyl (C=O) groups excluding carboxylic acids is 1. The molecule has 1 amide bonds. The van der Waals surface area contributed by atoms with Gasteiger partial charge in [0.25, 0.3) is 0 Å². The van der Waals surface area contributed by atoms with Gasteiger partial charge < -0.3 is 14.8 Å². The minimum atomic E-state index is -0.256. The van der Waals surface area contributed by atoms with Crippen molar-refractivity contribution in [1.82, 2.24) is 10.2 Å². The molecule has 2 aromatic rings. The summed E-state index contributed by atoms with van der Waals surface area (Å²) in [6.07, 6.45) is 1.10. The standard InChI is InChI=1S/C22H27FN2O3/c1-27-20-9-2-17(3-10-20)4-11-22(26)24-16-21(25-12-14-28-15-13-25)18-5-7-19(23)8-6-18/h2-3,5-10,21H,4,11-16H2,1H3,(H,24,26)/t21-/m1/s1. The van der Waals surface area contributed by atoms with Gasteiger partial charge in [-0.1, -0.05) is 24.3 Å². The van der Waals surface area contributed by atoms with Crippen molar-refractivity contribution >= 4 is 5.91 Å². The summed E-state index contributed by atoms with van der Waals surface area (Å²) in [4.78, 5) is 14.7. The number of hydrogen-bond donors (Lipinski definition) is 1. The molecule has 0 saturated carbocycles. The Bertz CT molecular complexity index is 743. The van der Waals surface area contributed by atoms with E-state index >= 15 is 0 Å². The summed E-state index contributed by atoms with van der Waals surface area (Å²) in [5.74, 6) is 0.560. The van der Waals surface area contributed by atoms with Gasteiger partial charge in [-0.3, -0.25) is 9.69 Å². The topological polar surface area (TPSA) is 50.8 Å². The fourth-order valence-electron chi connectivity index (χ4n) is 3.38. The van der Waals surface area contributed by atoms with Gasteiger partial charge >= 0.3 is 0 Å². The number of halogens is 1. The summed E-state index contributed by atoms with van der Waals surface area (Å²) in [6.45, 7) is 3.42. The molecule has 1 heterocycles. The number of methoxy groups -OCH3 is 1. The molecule has 3 rings (SSSR count). The molecular formula is C22H27FN2O3. The summed E-state index contributed by atoms with van der Waals surface area (Å²) in [5.41, 5.74) is 2.10. The summed E-state index contributed by atoms with van der Waals surface area (Å²) in [7, 11) is 1.63. The van der Waals surface area contributed by atoms with Gasteiger partial charge in [-0.2, -0.15) is 0 Å². The van der Waals surface area contributed by atoms with Crippen LogP contribution in [0.25, 0.3) is 0 Å². The fraction of sp³-hybridized carbons (Fsp3) is 0.409. The van der Waals surface area contributed by atoms with E-state index in [2.05, 4.69) is 10.2 Å². The maximum atomic E-state index is 13.3. The van der Waals surface area contributed by atoms with Crippen LogP contribution in [0.1, 0.15) is 23.6 Å². The molecule has 5 nitrogen and oxygen atoms in total. The van der Waals surface area contributed by atoms with Gasteiger partial charge in [0.2, 0.25) is 5.91 Å². The van der Waals surface area contributed by atoms with Crippen LogP contribution in [-0.2, 0) is 16.0 Å².